The van der Waals surface area contributed by atoms with Crippen LogP contribution in [-0.2, 0) is 0 Å². The van der Waals surface area contributed by atoms with Crippen LogP contribution in [0.25, 0.3) is 0 Å². The summed E-state index contributed by atoms with van der Waals surface area (Å²) >= 11 is 0. The average molecular weight is 187 g/mol. The SMILES string of the molecule is COc1cnc(C=O)c(C(F)F)c1. The molecule has 13 heavy (non-hydrogen) atoms. The molecule has 1 aromatic heterocycles. The second kappa shape index (κ2) is 3.93. The Morgan fingerprint density at radius 1 is 1.62 bits per heavy atom. The third-order valence-electron chi connectivity index (χ3n) is 1.51. The summed E-state index contributed by atoms with van der Waals surface area (Å²) < 4.78 is 29.2. The van der Waals surface area contributed by atoms with Gasteiger partial charge in [0.2, 0.25) is 0 Å². The van der Waals surface area contributed by atoms with E-state index in [4.69, 9.17) is 4.74 Å². The first-order chi connectivity index (χ1) is 6.19. The van der Waals surface area contributed by atoms with Crippen LogP contribution in [0.1, 0.15) is 22.5 Å². The van der Waals surface area contributed by atoms with E-state index >= 15 is 0 Å². The Hall–Kier alpha value is -1.52. The Balaban J connectivity index is 3.17. The van der Waals surface area contributed by atoms with Crippen molar-refractivity contribution in [1.29, 1.82) is 0 Å². The molecule has 0 aliphatic rings. The number of hydrogen-bond donors (Lipinski definition) is 0. The molecule has 0 radical (unpaired) electrons. The minimum atomic E-state index is -2.72. The van der Waals surface area contributed by atoms with Gasteiger partial charge in [-0.3, -0.25) is 4.79 Å². The van der Waals surface area contributed by atoms with Crippen molar-refractivity contribution >= 4 is 6.29 Å². The lowest BCUT2D eigenvalue weighted by atomic mass is 10.2. The molecule has 0 aliphatic heterocycles. The predicted octanol–water partition coefficient (Wildman–Crippen LogP) is 1.84. The van der Waals surface area contributed by atoms with Gasteiger partial charge in [0.15, 0.2) is 6.29 Å². The molecule has 0 bridgehead atoms. The van der Waals surface area contributed by atoms with Crippen molar-refractivity contribution < 1.29 is 18.3 Å². The second-order valence-corrected chi connectivity index (χ2v) is 2.27. The van der Waals surface area contributed by atoms with Gasteiger partial charge in [-0.1, -0.05) is 0 Å². The molecule has 1 heterocycles. The van der Waals surface area contributed by atoms with E-state index in [0.717, 1.165) is 6.07 Å². The molecule has 0 saturated heterocycles. The Morgan fingerprint density at radius 2 is 2.31 bits per heavy atom. The third kappa shape index (κ3) is 1.99. The van der Waals surface area contributed by atoms with Crippen molar-refractivity contribution in [3.8, 4) is 5.75 Å². The molecule has 0 amide bonds. The molecule has 5 heteroatoms. The minimum Gasteiger partial charge on any atom is -0.495 e. The number of rotatable bonds is 3. The van der Waals surface area contributed by atoms with Crippen LogP contribution in [0.5, 0.6) is 5.75 Å². The number of aldehydes is 1. The molecule has 3 nitrogen and oxygen atoms in total. The third-order valence-corrected chi connectivity index (χ3v) is 1.51. The summed E-state index contributed by atoms with van der Waals surface area (Å²) in [4.78, 5) is 13.8. The molecular weight excluding hydrogens is 180 g/mol. The monoisotopic (exact) mass is 187 g/mol. The molecule has 0 aliphatic carbocycles. The van der Waals surface area contributed by atoms with Crippen molar-refractivity contribution in [2.24, 2.45) is 0 Å². The number of pyridine rings is 1. The van der Waals surface area contributed by atoms with E-state index in [9.17, 15) is 13.6 Å². The van der Waals surface area contributed by atoms with Crippen LogP contribution in [0.2, 0.25) is 0 Å². The van der Waals surface area contributed by atoms with Gasteiger partial charge in [0.25, 0.3) is 6.43 Å². The number of carbonyl (C=O) groups is 1. The summed E-state index contributed by atoms with van der Waals surface area (Å²) in [7, 11) is 1.34. The lowest BCUT2D eigenvalue weighted by molar-refractivity contribution is 0.110. The number of alkyl halides is 2. The molecule has 0 spiro atoms. The summed E-state index contributed by atoms with van der Waals surface area (Å²) in [5.74, 6) is 0.209. The average Bonchev–Trinajstić information content (AvgIpc) is 2.16. The summed E-state index contributed by atoms with van der Waals surface area (Å²) in [6, 6.07) is 1.10. The van der Waals surface area contributed by atoms with Crippen molar-refractivity contribution in [1.82, 2.24) is 4.98 Å². The highest BCUT2D eigenvalue weighted by Gasteiger charge is 2.14. The summed E-state index contributed by atoms with van der Waals surface area (Å²) in [6.45, 7) is 0. The number of carbonyl (C=O) groups excluding carboxylic acids is 1. The topological polar surface area (TPSA) is 39.2 Å². The van der Waals surface area contributed by atoms with Crippen LogP contribution < -0.4 is 4.74 Å². The first-order valence-corrected chi connectivity index (χ1v) is 3.46. The quantitative estimate of drug-likeness (QED) is 0.677. The van der Waals surface area contributed by atoms with Gasteiger partial charge >= 0.3 is 0 Å². The molecular formula is C8H7F2NO2. The van der Waals surface area contributed by atoms with Gasteiger partial charge in [-0.25, -0.2) is 13.8 Å². The van der Waals surface area contributed by atoms with Crippen LogP contribution in [0.15, 0.2) is 12.3 Å². The smallest absolute Gasteiger partial charge is 0.266 e. The predicted molar refractivity (Wildman–Crippen MR) is 41.1 cm³/mol. The summed E-state index contributed by atoms with van der Waals surface area (Å²) in [5, 5.41) is 0. The van der Waals surface area contributed by atoms with E-state index in [2.05, 4.69) is 4.98 Å². The zero-order valence-electron chi connectivity index (χ0n) is 6.83. The molecule has 1 aromatic rings. The molecule has 0 unspecified atom stereocenters. The van der Waals surface area contributed by atoms with Crippen molar-refractivity contribution in [3.63, 3.8) is 0 Å². The number of hydrogen-bond acceptors (Lipinski definition) is 3. The fraction of sp³-hybridized carbons (Fsp3) is 0.250. The largest absolute Gasteiger partial charge is 0.495 e. The Labute approximate surface area is 73.4 Å². The lowest BCUT2D eigenvalue weighted by Gasteiger charge is -2.04. The van der Waals surface area contributed by atoms with Crippen molar-refractivity contribution in [2.45, 2.75) is 6.43 Å². The highest BCUT2D eigenvalue weighted by molar-refractivity contribution is 5.74. The standard InChI is InChI=1S/C8H7F2NO2/c1-13-5-2-6(8(9)10)7(4-12)11-3-5/h2-4,8H,1H3. The molecule has 0 fully saturated rings. The second-order valence-electron chi connectivity index (χ2n) is 2.27. The van der Waals surface area contributed by atoms with Gasteiger partial charge in [-0.2, -0.15) is 0 Å². The zero-order valence-corrected chi connectivity index (χ0v) is 6.83. The van der Waals surface area contributed by atoms with Crippen LogP contribution in [-0.4, -0.2) is 18.4 Å². The van der Waals surface area contributed by atoms with Crippen molar-refractivity contribution in [2.75, 3.05) is 7.11 Å². The molecule has 1 rings (SSSR count). The molecule has 70 valence electrons. The van der Waals surface area contributed by atoms with E-state index in [0.29, 0.717) is 6.29 Å². The molecule has 0 aromatic carbocycles. The maximum Gasteiger partial charge on any atom is 0.266 e. The van der Waals surface area contributed by atoms with Crippen LogP contribution in [0.3, 0.4) is 0 Å². The van der Waals surface area contributed by atoms with Gasteiger partial charge in [0.1, 0.15) is 11.4 Å². The van der Waals surface area contributed by atoms with Crippen LogP contribution in [0.4, 0.5) is 8.78 Å². The van der Waals surface area contributed by atoms with E-state index in [1.54, 1.807) is 0 Å². The Kier molecular flexibility index (Phi) is 2.89. The van der Waals surface area contributed by atoms with E-state index in [-0.39, 0.29) is 11.4 Å². The summed E-state index contributed by atoms with van der Waals surface area (Å²) in [5.41, 5.74) is -0.662. The summed E-state index contributed by atoms with van der Waals surface area (Å²) in [6.07, 6.45) is -1.21. The van der Waals surface area contributed by atoms with Crippen LogP contribution >= 0.6 is 0 Å². The number of ether oxygens (including phenoxy) is 1. The maximum atomic E-state index is 12.3. The minimum absolute atomic E-state index is 0.209. The van der Waals surface area contributed by atoms with Gasteiger partial charge < -0.3 is 4.74 Å². The van der Waals surface area contributed by atoms with Crippen LogP contribution in [0, 0.1) is 0 Å². The van der Waals surface area contributed by atoms with E-state index in [1.165, 1.54) is 13.3 Å². The molecule has 0 saturated carbocycles. The molecule has 0 N–H and O–H groups in total. The highest BCUT2D eigenvalue weighted by Crippen LogP contribution is 2.24. The van der Waals surface area contributed by atoms with Gasteiger partial charge in [0.05, 0.1) is 18.9 Å². The number of halogens is 2. The van der Waals surface area contributed by atoms with E-state index < -0.39 is 12.0 Å². The van der Waals surface area contributed by atoms with E-state index in [1.807, 2.05) is 0 Å². The first-order valence-electron chi connectivity index (χ1n) is 3.46. The van der Waals surface area contributed by atoms with Crippen molar-refractivity contribution in [3.05, 3.63) is 23.5 Å². The van der Waals surface area contributed by atoms with Gasteiger partial charge in [-0.05, 0) is 6.07 Å². The number of aromatic nitrogens is 1. The molecule has 0 atom stereocenters. The number of methoxy groups -OCH3 is 1. The Morgan fingerprint density at radius 3 is 2.77 bits per heavy atom. The number of nitrogens with zero attached hydrogens (tertiary/aromatic N) is 1. The lowest BCUT2D eigenvalue weighted by Crippen LogP contribution is -1.98. The normalized spacial score (nSPS) is 10.2. The fourth-order valence-corrected chi connectivity index (χ4v) is 0.857. The fourth-order valence-electron chi connectivity index (χ4n) is 0.857. The maximum absolute atomic E-state index is 12.3. The van der Waals surface area contributed by atoms with Gasteiger partial charge in [-0.15, -0.1) is 0 Å². The first kappa shape index (κ1) is 9.57. The zero-order chi connectivity index (χ0) is 9.84. The van der Waals surface area contributed by atoms with Gasteiger partial charge in [0, 0.05) is 0 Å². The Bertz CT molecular complexity index is 315. The highest BCUT2D eigenvalue weighted by atomic mass is 19.3.